The van der Waals surface area contributed by atoms with Gasteiger partial charge < -0.3 is 5.21 Å². The second-order valence-corrected chi connectivity index (χ2v) is 2.15. The molecule has 0 aliphatic carbocycles. The molecule has 1 aromatic heterocycles. The number of rotatable bonds is 1. The molecule has 1 aromatic rings. The number of hydrogen-bond acceptors (Lipinski definition) is 3. The molecule has 0 aliphatic rings. The van der Waals surface area contributed by atoms with Crippen LogP contribution in [0, 0.1) is 22.2 Å². The maximum Gasteiger partial charge on any atom is 0.512 e. The van der Waals surface area contributed by atoms with E-state index in [4.69, 9.17) is 0 Å². The summed E-state index contributed by atoms with van der Waals surface area (Å²) >= 11 is 0. The fourth-order valence-electron chi connectivity index (χ4n) is 0.715. The van der Waals surface area contributed by atoms with Crippen molar-refractivity contribution >= 4 is 5.82 Å². The van der Waals surface area contributed by atoms with Gasteiger partial charge in [-0.2, -0.15) is 0 Å². The van der Waals surface area contributed by atoms with Gasteiger partial charge >= 0.3 is 5.82 Å². The number of nitro groups is 1. The summed E-state index contributed by atoms with van der Waals surface area (Å²) in [4.78, 5) is 9.40. The second kappa shape index (κ2) is 2.53. The minimum absolute atomic E-state index is 0.245. The van der Waals surface area contributed by atoms with Gasteiger partial charge in [0.05, 0.1) is 6.07 Å². The average molecular weight is 154 g/mol. The van der Waals surface area contributed by atoms with Gasteiger partial charge in [0, 0.05) is 5.56 Å². The van der Waals surface area contributed by atoms with Crippen molar-refractivity contribution in [1.29, 1.82) is 0 Å². The summed E-state index contributed by atoms with van der Waals surface area (Å²) in [6.07, 6.45) is 1.16. The minimum Gasteiger partial charge on any atom is -0.614 e. The Balaban J connectivity index is 3.20. The van der Waals surface area contributed by atoms with Crippen LogP contribution in [0.2, 0.25) is 0 Å². The maximum absolute atomic E-state index is 10.8. The topological polar surface area (TPSA) is 70.1 Å². The first-order chi connectivity index (χ1) is 5.11. The predicted molar refractivity (Wildman–Crippen MR) is 36.8 cm³/mol. The molecular weight excluding hydrogens is 148 g/mol. The van der Waals surface area contributed by atoms with E-state index >= 15 is 0 Å². The maximum atomic E-state index is 10.8. The Morgan fingerprint density at radius 2 is 2.18 bits per heavy atom. The van der Waals surface area contributed by atoms with E-state index < -0.39 is 10.7 Å². The van der Waals surface area contributed by atoms with Gasteiger partial charge in [-0.25, -0.2) is 0 Å². The molecule has 0 atom stereocenters. The van der Waals surface area contributed by atoms with E-state index in [2.05, 4.69) is 0 Å². The van der Waals surface area contributed by atoms with Gasteiger partial charge in [0.25, 0.3) is 0 Å². The van der Waals surface area contributed by atoms with Crippen molar-refractivity contribution in [3.05, 3.63) is 39.2 Å². The van der Waals surface area contributed by atoms with Gasteiger partial charge in [-0.15, -0.1) is 4.73 Å². The molecule has 5 nitrogen and oxygen atoms in total. The molecule has 5 heteroatoms. The van der Waals surface area contributed by atoms with Crippen LogP contribution in [-0.4, -0.2) is 4.92 Å². The van der Waals surface area contributed by atoms with Crippen LogP contribution in [0.5, 0.6) is 0 Å². The van der Waals surface area contributed by atoms with Crippen LogP contribution in [0.1, 0.15) is 5.56 Å². The highest BCUT2D eigenvalue weighted by molar-refractivity contribution is 5.15. The van der Waals surface area contributed by atoms with Gasteiger partial charge in [0.2, 0.25) is 0 Å². The molecule has 0 spiro atoms. The molecule has 0 saturated heterocycles. The highest BCUT2D eigenvalue weighted by Gasteiger charge is 2.16. The van der Waals surface area contributed by atoms with Crippen LogP contribution in [0.3, 0.4) is 0 Å². The third kappa shape index (κ3) is 1.43. The van der Waals surface area contributed by atoms with Crippen LogP contribution >= 0.6 is 0 Å². The number of nitrogens with zero attached hydrogens (tertiary/aromatic N) is 2. The summed E-state index contributed by atoms with van der Waals surface area (Å²) in [7, 11) is 0. The first-order valence-electron chi connectivity index (χ1n) is 2.95. The lowest BCUT2D eigenvalue weighted by Gasteiger charge is -1.95. The van der Waals surface area contributed by atoms with E-state index in [1.54, 1.807) is 6.92 Å². The Bertz CT molecular complexity index is 298. The Hall–Kier alpha value is -1.65. The van der Waals surface area contributed by atoms with E-state index in [1.807, 2.05) is 0 Å². The number of aryl methyl sites for hydroxylation is 1. The SMILES string of the molecule is Cc1ccc([N+](=O)[O-])[n+]([O-])c1. The normalized spacial score (nSPS) is 9.55. The van der Waals surface area contributed by atoms with Gasteiger partial charge in [-0.05, 0) is 13.0 Å². The van der Waals surface area contributed by atoms with Crippen molar-refractivity contribution in [2.24, 2.45) is 0 Å². The summed E-state index contributed by atoms with van der Waals surface area (Å²) < 4.78 is 0.245. The summed E-state index contributed by atoms with van der Waals surface area (Å²) in [5, 5.41) is 20.9. The molecule has 0 saturated carbocycles. The third-order valence-corrected chi connectivity index (χ3v) is 1.23. The predicted octanol–water partition coefficient (Wildman–Crippen LogP) is 0.537. The largest absolute Gasteiger partial charge is 0.614 e. The molecule has 0 amide bonds. The molecule has 0 fully saturated rings. The Morgan fingerprint density at radius 1 is 1.55 bits per heavy atom. The van der Waals surface area contributed by atoms with E-state index in [-0.39, 0.29) is 4.73 Å². The van der Waals surface area contributed by atoms with Crippen LogP contribution in [-0.2, 0) is 0 Å². The quantitative estimate of drug-likeness (QED) is 0.256. The van der Waals surface area contributed by atoms with Crippen molar-refractivity contribution < 1.29 is 9.65 Å². The zero-order valence-electron chi connectivity index (χ0n) is 5.85. The highest BCUT2D eigenvalue weighted by Crippen LogP contribution is 2.03. The van der Waals surface area contributed by atoms with Gasteiger partial charge in [-0.1, -0.05) is 0 Å². The fourth-order valence-corrected chi connectivity index (χ4v) is 0.715. The third-order valence-electron chi connectivity index (χ3n) is 1.23. The molecule has 0 radical (unpaired) electrons. The van der Waals surface area contributed by atoms with Crippen LogP contribution in [0.25, 0.3) is 0 Å². The molecule has 0 aromatic carbocycles. The van der Waals surface area contributed by atoms with Crippen molar-refractivity contribution in [3.8, 4) is 0 Å². The number of pyridine rings is 1. The average Bonchev–Trinajstić information content (AvgIpc) is 1.85. The van der Waals surface area contributed by atoms with E-state index in [0.717, 1.165) is 6.20 Å². The molecule has 0 N–H and O–H groups in total. The van der Waals surface area contributed by atoms with E-state index in [0.29, 0.717) is 5.56 Å². The minimum atomic E-state index is -0.716. The first-order valence-corrected chi connectivity index (χ1v) is 2.95. The summed E-state index contributed by atoms with van der Waals surface area (Å²) in [5.74, 6) is -0.449. The zero-order valence-corrected chi connectivity index (χ0v) is 5.85. The monoisotopic (exact) mass is 154 g/mol. The van der Waals surface area contributed by atoms with Crippen molar-refractivity contribution in [3.63, 3.8) is 0 Å². The van der Waals surface area contributed by atoms with Gasteiger partial charge in [0.15, 0.2) is 6.20 Å². The van der Waals surface area contributed by atoms with Crippen LogP contribution in [0.4, 0.5) is 5.82 Å². The lowest BCUT2D eigenvalue weighted by atomic mass is 10.3. The molecular formula is C6H6N2O3. The fraction of sp³-hybridized carbons (Fsp3) is 0.167. The summed E-state index contributed by atoms with van der Waals surface area (Å²) in [6, 6.07) is 2.70. The molecule has 1 heterocycles. The van der Waals surface area contributed by atoms with Crippen molar-refractivity contribution in [1.82, 2.24) is 0 Å². The highest BCUT2D eigenvalue weighted by atomic mass is 16.6. The summed E-state index contributed by atoms with van der Waals surface area (Å²) in [6.45, 7) is 1.69. The first kappa shape index (κ1) is 7.46. The smallest absolute Gasteiger partial charge is 0.512 e. The lowest BCUT2D eigenvalue weighted by Crippen LogP contribution is -2.29. The standard InChI is InChI=1S/C6H6N2O3/c1-5-2-3-6(8(10)11)7(9)4-5/h2-4H,1H3. The Kier molecular flexibility index (Phi) is 1.72. The van der Waals surface area contributed by atoms with Gasteiger partial charge in [0.1, 0.15) is 4.92 Å². The van der Waals surface area contributed by atoms with Crippen LogP contribution in [0.15, 0.2) is 18.3 Å². The lowest BCUT2D eigenvalue weighted by molar-refractivity contribution is -0.664. The molecule has 11 heavy (non-hydrogen) atoms. The summed E-state index contributed by atoms with van der Waals surface area (Å²) in [5.41, 5.74) is 0.700. The number of hydrogen-bond donors (Lipinski definition) is 0. The Labute approximate surface area is 62.6 Å². The second-order valence-electron chi connectivity index (χ2n) is 2.15. The van der Waals surface area contributed by atoms with Crippen molar-refractivity contribution in [2.45, 2.75) is 6.92 Å². The number of aromatic nitrogens is 1. The molecule has 0 aliphatic heterocycles. The molecule has 0 unspecified atom stereocenters. The molecule has 0 bridgehead atoms. The zero-order chi connectivity index (χ0) is 8.43. The Morgan fingerprint density at radius 3 is 2.64 bits per heavy atom. The van der Waals surface area contributed by atoms with Crippen molar-refractivity contribution in [2.75, 3.05) is 0 Å². The van der Waals surface area contributed by atoms with Gasteiger partial charge in [-0.3, -0.25) is 10.1 Å². The van der Waals surface area contributed by atoms with Crippen LogP contribution < -0.4 is 4.73 Å². The van der Waals surface area contributed by atoms with E-state index in [9.17, 15) is 15.3 Å². The molecule has 58 valence electrons. The molecule has 1 rings (SSSR count). The van der Waals surface area contributed by atoms with E-state index in [1.165, 1.54) is 12.1 Å².